The predicted octanol–water partition coefficient (Wildman–Crippen LogP) is 3.81. The number of hydrogen-bond donors (Lipinski definition) is 1. The van der Waals surface area contributed by atoms with Gasteiger partial charge in [0.25, 0.3) is 0 Å². The number of rotatable bonds is 3. The molecule has 5 heteroatoms. The lowest BCUT2D eigenvalue weighted by molar-refractivity contribution is 0.239. The molecule has 0 unspecified atom stereocenters. The summed E-state index contributed by atoms with van der Waals surface area (Å²) < 4.78 is 5.31. The van der Waals surface area contributed by atoms with Crippen molar-refractivity contribution in [2.75, 3.05) is 6.54 Å². The van der Waals surface area contributed by atoms with Crippen LogP contribution < -0.4 is 0 Å². The zero-order chi connectivity index (χ0) is 16.0. The topological polar surface area (TPSA) is 58.0 Å². The molecule has 1 aromatic carbocycles. The number of aromatic amines is 1. The van der Waals surface area contributed by atoms with E-state index < -0.39 is 0 Å². The van der Waals surface area contributed by atoms with Crippen LogP contribution in [-0.4, -0.2) is 26.6 Å². The molecule has 0 bridgehead atoms. The van der Waals surface area contributed by atoms with Crippen molar-refractivity contribution in [1.82, 2.24) is 20.0 Å². The lowest BCUT2D eigenvalue weighted by Gasteiger charge is -2.22. The molecular formula is C18H22N4O. The molecule has 1 aliphatic heterocycles. The van der Waals surface area contributed by atoms with Gasteiger partial charge in [0.2, 0.25) is 0 Å². The third-order valence-electron chi connectivity index (χ3n) is 4.88. The molecule has 1 aliphatic rings. The number of likely N-dealkylation sites (tertiary alicyclic amines) is 1. The monoisotopic (exact) mass is 310 g/mol. The molecule has 0 aliphatic carbocycles. The largest absolute Gasteiger partial charge is 0.361 e. The molecule has 23 heavy (non-hydrogen) atoms. The Balaban J connectivity index is 1.64. The van der Waals surface area contributed by atoms with Crippen LogP contribution >= 0.6 is 0 Å². The zero-order valence-electron chi connectivity index (χ0n) is 13.9. The van der Waals surface area contributed by atoms with E-state index in [1.54, 1.807) is 0 Å². The summed E-state index contributed by atoms with van der Waals surface area (Å²) >= 11 is 0. The number of benzene rings is 1. The van der Waals surface area contributed by atoms with Crippen molar-refractivity contribution in [3.8, 4) is 0 Å². The van der Waals surface area contributed by atoms with Crippen molar-refractivity contribution in [2.24, 2.45) is 0 Å². The van der Waals surface area contributed by atoms with Crippen molar-refractivity contribution in [2.45, 2.75) is 46.2 Å². The van der Waals surface area contributed by atoms with Gasteiger partial charge in [-0.25, -0.2) is 4.98 Å². The maximum Gasteiger partial charge on any atom is 0.138 e. The normalized spacial score (nSPS) is 19.0. The SMILES string of the molecule is Cc1ccc2nc([C@H]3CCCN3Cc3c(C)noc3C)[nH]c2c1. The summed E-state index contributed by atoms with van der Waals surface area (Å²) in [5.74, 6) is 2.00. The van der Waals surface area contributed by atoms with Crippen LogP contribution in [0.3, 0.4) is 0 Å². The minimum Gasteiger partial charge on any atom is -0.361 e. The number of hydrogen-bond acceptors (Lipinski definition) is 4. The molecule has 3 aromatic rings. The van der Waals surface area contributed by atoms with Crippen LogP contribution in [-0.2, 0) is 6.54 Å². The van der Waals surface area contributed by atoms with Crippen LogP contribution in [0, 0.1) is 20.8 Å². The molecule has 3 heterocycles. The Hall–Kier alpha value is -2.14. The summed E-state index contributed by atoms with van der Waals surface area (Å²) in [4.78, 5) is 10.8. The maximum atomic E-state index is 5.31. The summed E-state index contributed by atoms with van der Waals surface area (Å²) in [6.45, 7) is 8.08. The highest BCUT2D eigenvalue weighted by Crippen LogP contribution is 2.33. The maximum absolute atomic E-state index is 5.31. The molecule has 0 saturated carbocycles. The quantitative estimate of drug-likeness (QED) is 0.799. The first kappa shape index (κ1) is 14.5. The number of H-pyrrole nitrogens is 1. The van der Waals surface area contributed by atoms with Gasteiger partial charge in [0.05, 0.1) is 22.8 Å². The van der Waals surface area contributed by atoms with Gasteiger partial charge in [-0.05, 0) is 57.9 Å². The van der Waals surface area contributed by atoms with Crippen molar-refractivity contribution >= 4 is 11.0 Å². The Morgan fingerprint density at radius 2 is 2.17 bits per heavy atom. The molecule has 4 rings (SSSR count). The number of fused-ring (bicyclic) bond motifs is 1. The van der Waals surface area contributed by atoms with Gasteiger partial charge in [-0.2, -0.15) is 0 Å². The average molecular weight is 310 g/mol. The van der Waals surface area contributed by atoms with Crippen LogP contribution in [0.15, 0.2) is 22.7 Å². The third-order valence-corrected chi connectivity index (χ3v) is 4.88. The van der Waals surface area contributed by atoms with Crippen LogP contribution in [0.1, 0.15) is 47.3 Å². The minimum absolute atomic E-state index is 0.344. The zero-order valence-corrected chi connectivity index (χ0v) is 13.9. The van der Waals surface area contributed by atoms with Gasteiger partial charge in [0.1, 0.15) is 11.6 Å². The Morgan fingerprint density at radius 3 is 2.96 bits per heavy atom. The summed E-state index contributed by atoms with van der Waals surface area (Å²) in [5.41, 5.74) is 5.64. The fourth-order valence-electron chi connectivity index (χ4n) is 3.56. The number of aromatic nitrogens is 3. The van der Waals surface area contributed by atoms with Gasteiger partial charge in [-0.15, -0.1) is 0 Å². The van der Waals surface area contributed by atoms with Gasteiger partial charge >= 0.3 is 0 Å². The fourth-order valence-corrected chi connectivity index (χ4v) is 3.56. The Bertz CT molecular complexity index is 828. The van der Waals surface area contributed by atoms with Gasteiger partial charge < -0.3 is 9.51 Å². The van der Waals surface area contributed by atoms with Crippen LogP contribution in [0.4, 0.5) is 0 Å². The first-order valence-corrected chi connectivity index (χ1v) is 8.24. The first-order chi connectivity index (χ1) is 11.1. The van der Waals surface area contributed by atoms with E-state index in [0.29, 0.717) is 6.04 Å². The Kier molecular flexibility index (Phi) is 3.45. The molecule has 1 atom stereocenters. The van der Waals surface area contributed by atoms with Crippen LogP contribution in [0.25, 0.3) is 11.0 Å². The third kappa shape index (κ3) is 2.55. The van der Waals surface area contributed by atoms with Crippen molar-refractivity contribution in [3.05, 3.63) is 46.6 Å². The van der Waals surface area contributed by atoms with Gasteiger partial charge in [0.15, 0.2) is 0 Å². The predicted molar refractivity (Wildman–Crippen MR) is 89.2 cm³/mol. The molecule has 1 N–H and O–H groups in total. The Labute approximate surface area is 135 Å². The van der Waals surface area contributed by atoms with E-state index in [0.717, 1.165) is 47.8 Å². The summed E-state index contributed by atoms with van der Waals surface area (Å²) in [6.07, 6.45) is 2.34. The summed E-state index contributed by atoms with van der Waals surface area (Å²) in [6, 6.07) is 6.72. The number of aryl methyl sites for hydroxylation is 3. The lowest BCUT2D eigenvalue weighted by Crippen LogP contribution is -2.24. The van der Waals surface area contributed by atoms with Crippen molar-refractivity contribution < 1.29 is 4.52 Å². The highest BCUT2D eigenvalue weighted by molar-refractivity contribution is 5.75. The van der Waals surface area contributed by atoms with E-state index in [-0.39, 0.29) is 0 Å². The fraction of sp³-hybridized carbons (Fsp3) is 0.444. The summed E-state index contributed by atoms with van der Waals surface area (Å²) in [5, 5.41) is 4.08. The minimum atomic E-state index is 0.344. The van der Waals surface area contributed by atoms with Gasteiger partial charge in [0, 0.05) is 12.1 Å². The van der Waals surface area contributed by atoms with Gasteiger partial charge in [-0.1, -0.05) is 11.2 Å². The summed E-state index contributed by atoms with van der Waals surface area (Å²) in [7, 11) is 0. The molecule has 0 radical (unpaired) electrons. The van der Waals surface area contributed by atoms with Crippen molar-refractivity contribution in [3.63, 3.8) is 0 Å². The molecule has 5 nitrogen and oxygen atoms in total. The molecule has 120 valence electrons. The first-order valence-electron chi connectivity index (χ1n) is 8.24. The van der Waals surface area contributed by atoms with Crippen LogP contribution in [0.2, 0.25) is 0 Å². The second kappa shape index (κ2) is 5.49. The number of nitrogens with zero attached hydrogens (tertiary/aromatic N) is 3. The molecule has 0 spiro atoms. The molecule has 2 aromatic heterocycles. The smallest absolute Gasteiger partial charge is 0.138 e. The molecule has 0 amide bonds. The highest BCUT2D eigenvalue weighted by Gasteiger charge is 2.29. The highest BCUT2D eigenvalue weighted by atomic mass is 16.5. The second-order valence-corrected chi connectivity index (χ2v) is 6.57. The van der Waals surface area contributed by atoms with E-state index in [1.165, 1.54) is 17.5 Å². The van der Waals surface area contributed by atoms with Gasteiger partial charge in [-0.3, -0.25) is 4.90 Å². The van der Waals surface area contributed by atoms with E-state index in [4.69, 9.17) is 9.51 Å². The van der Waals surface area contributed by atoms with Crippen LogP contribution in [0.5, 0.6) is 0 Å². The van der Waals surface area contributed by atoms with E-state index in [1.807, 2.05) is 13.8 Å². The lowest BCUT2D eigenvalue weighted by atomic mass is 10.1. The average Bonchev–Trinajstić information content (AvgIpc) is 3.21. The standard InChI is InChI=1S/C18H22N4O/c1-11-6-7-15-16(9-11)20-18(19-15)17-5-4-8-22(17)10-14-12(2)21-23-13(14)3/h6-7,9,17H,4-5,8,10H2,1-3H3,(H,19,20)/t17-/m1/s1. The Morgan fingerprint density at radius 1 is 1.30 bits per heavy atom. The molecule has 1 saturated heterocycles. The van der Waals surface area contributed by atoms with Crippen molar-refractivity contribution in [1.29, 1.82) is 0 Å². The number of nitrogens with one attached hydrogen (secondary N) is 1. The van der Waals surface area contributed by atoms with E-state index in [9.17, 15) is 0 Å². The second-order valence-electron chi connectivity index (χ2n) is 6.57. The molecule has 1 fully saturated rings. The molecular weight excluding hydrogens is 288 g/mol. The van der Waals surface area contributed by atoms with E-state index in [2.05, 4.69) is 40.2 Å². The number of imidazole rings is 1. The van der Waals surface area contributed by atoms with E-state index >= 15 is 0 Å².